The first-order valence-corrected chi connectivity index (χ1v) is 6.76. The van der Waals surface area contributed by atoms with Gasteiger partial charge in [-0.2, -0.15) is 13.2 Å². The zero-order valence-corrected chi connectivity index (χ0v) is 12.3. The van der Waals surface area contributed by atoms with Gasteiger partial charge in [0.2, 0.25) is 0 Å². The number of likely N-dealkylation sites (N-methyl/N-ethyl adjacent to an activating group) is 1. The van der Waals surface area contributed by atoms with E-state index in [0.29, 0.717) is 13.2 Å². The van der Waals surface area contributed by atoms with Crippen LogP contribution in [0.1, 0.15) is 44.9 Å². The third kappa shape index (κ3) is 4.21. The number of hydrogen-bond donors (Lipinski definition) is 1. The summed E-state index contributed by atoms with van der Waals surface area (Å²) in [5, 5.41) is 3.28. The molecule has 0 aliphatic heterocycles. The molecule has 1 aromatic rings. The fourth-order valence-corrected chi connectivity index (χ4v) is 2.29. The summed E-state index contributed by atoms with van der Waals surface area (Å²) in [7, 11) is 0. The van der Waals surface area contributed by atoms with E-state index in [-0.39, 0.29) is 6.04 Å². The Morgan fingerprint density at radius 2 is 1.65 bits per heavy atom. The summed E-state index contributed by atoms with van der Waals surface area (Å²) in [6.07, 6.45) is -4.30. The molecule has 20 heavy (non-hydrogen) atoms. The van der Waals surface area contributed by atoms with E-state index in [1.165, 1.54) is 12.1 Å². The fourth-order valence-electron chi connectivity index (χ4n) is 2.29. The van der Waals surface area contributed by atoms with Crippen LogP contribution in [0.4, 0.5) is 13.2 Å². The van der Waals surface area contributed by atoms with E-state index in [2.05, 4.69) is 5.32 Å². The summed E-state index contributed by atoms with van der Waals surface area (Å²) >= 11 is 0. The lowest BCUT2D eigenvalue weighted by molar-refractivity contribution is -0.137. The lowest BCUT2D eigenvalue weighted by Gasteiger charge is -2.35. The molecule has 0 radical (unpaired) electrons. The predicted molar refractivity (Wildman–Crippen MR) is 73.6 cm³/mol. The highest BCUT2D eigenvalue weighted by molar-refractivity contribution is 5.28. The molecular formula is C15H22F3NO. The van der Waals surface area contributed by atoms with E-state index in [4.69, 9.17) is 4.74 Å². The molecule has 1 N–H and O–H groups in total. The minimum atomic E-state index is -4.30. The summed E-state index contributed by atoms with van der Waals surface area (Å²) in [5.41, 5.74) is -0.339. The van der Waals surface area contributed by atoms with Gasteiger partial charge in [-0.1, -0.05) is 19.1 Å². The van der Waals surface area contributed by atoms with Crippen LogP contribution in [0.15, 0.2) is 24.3 Å². The van der Waals surface area contributed by atoms with Crippen molar-refractivity contribution in [2.45, 2.75) is 45.5 Å². The van der Waals surface area contributed by atoms with Gasteiger partial charge >= 0.3 is 6.18 Å². The van der Waals surface area contributed by atoms with Crippen LogP contribution in [-0.2, 0) is 10.9 Å². The summed E-state index contributed by atoms with van der Waals surface area (Å²) in [4.78, 5) is 0. The molecule has 1 rings (SSSR count). The second-order valence-corrected chi connectivity index (χ2v) is 5.15. The molecule has 0 spiro atoms. The highest BCUT2D eigenvalue weighted by atomic mass is 19.4. The first-order chi connectivity index (χ1) is 9.22. The van der Waals surface area contributed by atoms with Gasteiger partial charge in [-0.25, -0.2) is 0 Å². The van der Waals surface area contributed by atoms with Gasteiger partial charge in [-0.05, 0) is 45.0 Å². The second kappa shape index (κ2) is 6.59. The Morgan fingerprint density at radius 3 is 2.05 bits per heavy atom. The highest BCUT2D eigenvalue weighted by Gasteiger charge is 2.33. The predicted octanol–water partition coefficient (Wildman–Crippen LogP) is 4.17. The van der Waals surface area contributed by atoms with Gasteiger partial charge in [0.15, 0.2) is 0 Å². The minimum absolute atomic E-state index is 0.158. The molecule has 2 nitrogen and oxygen atoms in total. The lowest BCUT2D eigenvalue weighted by atomic mass is 9.91. The van der Waals surface area contributed by atoms with Crippen molar-refractivity contribution in [2.24, 2.45) is 0 Å². The summed E-state index contributed by atoms with van der Waals surface area (Å²) in [5.74, 6) is 0. The van der Waals surface area contributed by atoms with Gasteiger partial charge in [0.05, 0.1) is 17.2 Å². The Morgan fingerprint density at radius 1 is 1.10 bits per heavy atom. The van der Waals surface area contributed by atoms with Gasteiger partial charge in [-0.15, -0.1) is 0 Å². The fraction of sp³-hybridized carbons (Fsp3) is 0.600. The van der Waals surface area contributed by atoms with Gasteiger partial charge in [0.25, 0.3) is 0 Å². The van der Waals surface area contributed by atoms with E-state index in [0.717, 1.165) is 17.7 Å². The monoisotopic (exact) mass is 289 g/mol. The Balaban J connectivity index is 3.04. The maximum Gasteiger partial charge on any atom is 0.416 e. The molecule has 0 aliphatic rings. The third-order valence-corrected chi connectivity index (χ3v) is 3.19. The molecule has 0 heterocycles. The second-order valence-electron chi connectivity index (χ2n) is 5.15. The molecule has 0 fully saturated rings. The molecule has 114 valence electrons. The van der Waals surface area contributed by atoms with Crippen molar-refractivity contribution >= 4 is 0 Å². The maximum atomic E-state index is 12.6. The van der Waals surface area contributed by atoms with Gasteiger partial charge in [0, 0.05) is 6.61 Å². The molecular weight excluding hydrogens is 267 g/mol. The summed E-state index contributed by atoms with van der Waals surface area (Å²) in [6, 6.07) is 5.09. The van der Waals surface area contributed by atoms with Crippen molar-refractivity contribution in [3.8, 4) is 0 Å². The lowest BCUT2D eigenvalue weighted by Crippen LogP contribution is -2.41. The highest BCUT2D eigenvalue weighted by Crippen LogP contribution is 2.33. The first-order valence-electron chi connectivity index (χ1n) is 6.76. The van der Waals surface area contributed by atoms with Crippen molar-refractivity contribution in [1.82, 2.24) is 5.32 Å². The van der Waals surface area contributed by atoms with Crippen molar-refractivity contribution in [2.75, 3.05) is 13.2 Å². The van der Waals surface area contributed by atoms with Crippen LogP contribution in [0.5, 0.6) is 0 Å². The summed E-state index contributed by atoms with van der Waals surface area (Å²) in [6.45, 7) is 8.98. The van der Waals surface area contributed by atoms with Crippen LogP contribution >= 0.6 is 0 Å². The van der Waals surface area contributed by atoms with Crippen LogP contribution in [-0.4, -0.2) is 18.8 Å². The van der Waals surface area contributed by atoms with Crippen LogP contribution in [0.25, 0.3) is 0 Å². The average Bonchev–Trinajstić information content (AvgIpc) is 2.35. The molecule has 0 bridgehead atoms. The van der Waals surface area contributed by atoms with E-state index in [9.17, 15) is 13.2 Å². The zero-order chi connectivity index (χ0) is 15.4. The molecule has 1 aromatic carbocycles. The SMILES string of the molecule is CCNC(c1ccc(C(F)(F)F)cc1)C(C)(C)OCC. The molecule has 0 saturated carbocycles. The molecule has 0 aliphatic carbocycles. The molecule has 1 unspecified atom stereocenters. The van der Waals surface area contributed by atoms with Crippen LogP contribution in [0.3, 0.4) is 0 Å². The normalized spacial score (nSPS) is 14.3. The topological polar surface area (TPSA) is 21.3 Å². The average molecular weight is 289 g/mol. The smallest absolute Gasteiger partial charge is 0.374 e. The Labute approximate surface area is 118 Å². The van der Waals surface area contributed by atoms with E-state index in [1.54, 1.807) is 0 Å². The van der Waals surface area contributed by atoms with Crippen molar-refractivity contribution < 1.29 is 17.9 Å². The Bertz CT molecular complexity index is 412. The largest absolute Gasteiger partial charge is 0.416 e. The molecule has 0 aromatic heterocycles. The van der Waals surface area contributed by atoms with Gasteiger partial charge in [0.1, 0.15) is 0 Å². The van der Waals surface area contributed by atoms with Gasteiger partial charge < -0.3 is 10.1 Å². The van der Waals surface area contributed by atoms with Crippen LogP contribution in [0, 0.1) is 0 Å². The molecule has 5 heteroatoms. The minimum Gasteiger partial charge on any atom is -0.374 e. The third-order valence-electron chi connectivity index (χ3n) is 3.19. The Kier molecular flexibility index (Phi) is 5.59. The number of hydrogen-bond acceptors (Lipinski definition) is 2. The van der Waals surface area contributed by atoms with Crippen molar-refractivity contribution in [3.63, 3.8) is 0 Å². The number of rotatable bonds is 6. The molecule has 0 saturated heterocycles. The van der Waals surface area contributed by atoms with Crippen LogP contribution < -0.4 is 5.32 Å². The maximum absolute atomic E-state index is 12.6. The zero-order valence-electron chi connectivity index (χ0n) is 12.3. The first kappa shape index (κ1) is 17.0. The molecule has 1 atom stereocenters. The number of benzene rings is 1. The van der Waals surface area contributed by atoms with E-state index in [1.807, 2.05) is 27.7 Å². The van der Waals surface area contributed by atoms with Crippen molar-refractivity contribution in [1.29, 1.82) is 0 Å². The number of halogens is 3. The van der Waals surface area contributed by atoms with Crippen LogP contribution in [0.2, 0.25) is 0 Å². The number of nitrogens with one attached hydrogen (secondary N) is 1. The van der Waals surface area contributed by atoms with E-state index < -0.39 is 17.3 Å². The Hall–Kier alpha value is -1.07. The molecule has 0 amide bonds. The number of alkyl halides is 3. The summed E-state index contributed by atoms with van der Waals surface area (Å²) < 4.78 is 43.5. The van der Waals surface area contributed by atoms with Gasteiger partial charge in [-0.3, -0.25) is 0 Å². The van der Waals surface area contributed by atoms with E-state index >= 15 is 0 Å². The van der Waals surface area contributed by atoms with Crippen molar-refractivity contribution in [3.05, 3.63) is 35.4 Å². The number of ether oxygens (including phenoxy) is 1. The quantitative estimate of drug-likeness (QED) is 0.848. The standard InChI is InChI=1S/C15H22F3NO/c1-5-19-13(14(3,4)20-6-2)11-7-9-12(10-8-11)15(16,17)18/h7-10,13,19H,5-6H2,1-4H3.